The number of nitrogens with one attached hydrogen (secondary N) is 2. The van der Waals surface area contributed by atoms with Crippen molar-refractivity contribution >= 4 is 29.4 Å². The van der Waals surface area contributed by atoms with Crippen LogP contribution in [0, 0.1) is 6.92 Å². The van der Waals surface area contributed by atoms with Crippen molar-refractivity contribution < 1.29 is 14.3 Å². The molecule has 1 aliphatic heterocycles. The summed E-state index contributed by atoms with van der Waals surface area (Å²) in [7, 11) is 1.55. The third-order valence-corrected chi connectivity index (χ3v) is 5.03. The smallest absolute Gasteiger partial charge is 0.314 e. The lowest BCUT2D eigenvalue weighted by molar-refractivity contribution is -0.136. The Bertz CT molecular complexity index is 817. The van der Waals surface area contributed by atoms with Gasteiger partial charge in [0.25, 0.3) is 0 Å². The summed E-state index contributed by atoms with van der Waals surface area (Å²) in [5, 5.41) is 9.99. The van der Waals surface area contributed by atoms with Gasteiger partial charge in [-0.3, -0.25) is 9.59 Å². The van der Waals surface area contributed by atoms with E-state index in [4.69, 9.17) is 4.74 Å². The Labute approximate surface area is 156 Å². The van der Waals surface area contributed by atoms with E-state index < -0.39 is 11.8 Å². The van der Waals surface area contributed by atoms with Crippen LogP contribution in [0.25, 0.3) is 5.69 Å². The normalized spacial score (nSPS) is 14.0. The highest BCUT2D eigenvalue weighted by molar-refractivity contribution is 7.98. The molecule has 1 atom stereocenters. The quantitative estimate of drug-likeness (QED) is 0.782. The predicted molar refractivity (Wildman–Crippen MR) is 101 cm³/mol. The number of fused-ring (bicyclic) bond motifs is 1. The molecule has 0 radical (unpaired) electrons. The molecule has 26 heavy (non-hydrogen) atoms. The summed E-state index contributed by atoms with van der Waals surface area (Å²) < 4.78 is 6.68. The van der Waals surface area contributed by atoms with Gasteiger partial charge < -0.3 is 15.4 Å². The van der Waals surface area contributed by atoms with E-state index in [9.17, 15) is 9.59 Å². The Morgan fingerprint density at radius 1 is 1.27 bits per heavy atom. The Morgan fingerprint density at radius 3 is 2.69 bits per heavy atom. The zero-order valence-electron chi connectivity index (χ0n) is 15.0. The van der Waals surface area contributed by atoms with E-state index >= 15 is 0 Å². The largest absolute Gasteiger partial charge is 0.383 e. The SMILES string of the molecule is COC[C@@H](C)NC(=O)C(=O)Nc1c2c(nn1-c1ccc(C)cc1)CSC2. The van der Waals surface area contributed by atoms with Gasteiger partial charge in [0, 0.05) is 30.2 Å². The second-order valence-electron chi connectivity index (χ2n) is 6.30. The minimum atomic E-state index is -0.707. The van der Waals surface area contributed by atoms with Crippen molar-refractivity contribution in [3.05, 3.63) is 41.1 Å². The number of ether oxygens (including phenoxy) is 1. The highest BCUT2D eigenvalue weighted by atomic mass is 32.2. The molecule has 2 heterocycles. The van der Waals surface area contributed by atoms with Crippen molar-refractivity contribution in [1.29, 1.82) is 0 Å². The van der Waals surface area contributed by atoms with Crippen molar-refractivity contribution in [3.63, 3.8) is 0 Å². The zero-order valence-corrected chi connectivity index (χ0v) is 15.9. The molecule has 1 aliphatic rings. The molecular formula is C18H22N4O3S. The number of aromatic nitrogens is 2. The van der Waals surface area contributed by atoms with E-state index in [-0.39, 0.29) is 6.04 Å². The van der Waals surface area contributed by atoms with E-state index in [0.29, 0.717) is 12.4 Å². The predicted octanol–water partition coefficient (Wildman–Crippen LogP) is 2.02. The molecule has 1 aromatic carbocycles. The van der Waals surface area contributed by atoms with Crippen LogP contribution in [-0.4, -0.2) is 41.4 Å². The van der Waals surface area contributed by atoms with Crippen molar-refractivity contribution in [2.75, 3.05) is 19.0 Å². The van der Waals surface area contributed by atoms with Crippen LogP contribution in [-0.2, 0) is 25.8 Å². The molecule has 0 spiro atoms. The summed E-state index contributed by atoms with van der Waals surface area (Å²) >= 11 is 1.74. The molecule has 0 saturated heterocycles. The topological polar surface area (TPSA) is 85.2 Å². The molecule has 0 unspecified atom stereocenters. The van der Waals surface area contributed by atoms with E-state index in [1.807, 2.05) is 31.2 Å². The third-order valence-electron chi connectivity index (χ3n) is 4.06. The van der Waals surface area contributed by atoms with Crippen LogP contribution in [0.5, 0.6) is 0 Å². The van der Waals surface area contributed by atoms with Gasteiger partial charge in [-0.2, -0.15) is 16.9 Å². The molecule has 7 nitrogen and oxygen atoms in total. The maximum absolute atomic E-state index is 12.4. The monoisotopic (exact) mass is 374 g/mol. The number of nitrogens with zero attached hydrogens (tertiary/aromatic N) is 2. The summed E-state index contributed by atoms with van der Waals surface area (Å²) in [6.45, 7) is 4.13. The fourth-order valence-corrected chi connectivity index (χ4v) is 3.79. The summed E-state index contributed by atoms with van der Waals surface area (Å²) in [5.74, 6) is 0.729. The molecule has 0 saturated carbocycles. The van der Waals surface area contributed by atoms with Crippen LogP contribution >= 0.6 is 11.8 Å². The first-order valence-electron chi connectivity index (χ1n) is 8.36. The molecule has 138 valence electrons. The molecule has 0 bridgehead atoms. The maximum atomic E-state index is 12.4. The third kappa shape index (κ3) is 3.91. The van der Waals surface area contributed by atoms with Gasteiger partial charge in [0.05, 0.1) is 18.0 Å². The molecular weight excluding hydrogens is 352 g/mol. The Balaban J connectivity index is 1.84. The van der Waals surface area contributed by atoms with Gasteiger partial charge in [0.2, 0.25) is 0 Å². The van der Waals surface area contributed by atoms with Crippen LogP contribution in [0.15, 0.2) is 24.3 Å². The Kier molecular flexibility index (Phi) is 5.63. The maximum Gasteiger partial charge on any atom is 0.314 e. The number of hydrogen-bond donors (Lipinski definition) is 2. The lowest BCUT2D eigenvalue weighted by atomic mass is 10.2. The number of hydrogen-bond acceptors (Lipinski definition) is 5. The number of anilines is 1. The van der Waals surface area contributed by atoms with Crippen molar-refractivity contribution in [3.8, 4) is 5.69 Å². The number of thioether (sulfide) groups is 1. The first-order valence-corrected chi connectivity index (χ1v) is 9.51. The van der Waals surface area contributed by atoms with Crippen LogP contribution in [0.4, 0.5) is 5.82 Å². The summed E-state index contributed by atoms with van der Waals surface area (Å²) in [6.07, 6.45) is 0. The molecule has 2 aromatic rings. The van der Waals surface area contributed by atoms with Gasteiger partial charge in [-0.25, -0.2) is 4.68 Å². The van der Waals surface area contributed by atoms with E-state index in [0.717, 1.165) is 34.0 Å². The highest BCUT2D eigenvalue weighted by Crippen LogP contribution is 2.36. The Morgan fingerprint density at radius 2 is 2.00 bits per heavy atom. The van der Waals surface area contributed by atoms with Crippen LogP contribution in [0.1, 0.15) is 23.7 Å². The minimum Gasteiger partial charge on any atom is -0.383 e. The van der Waals surface area contributed by atoms with Gasteiger partial charge in [-0.15, -0.1) is 0 Å². The minimum absolute atomic E-state index is 0.249. The number of benzene rings is 1. The average molecular weight is 374 g/mol. The van der Waals surface area contributed by atoms with Crippen molar-refractivity contribution in [1.82, 2.24) is 15.1 Å². The van der Waals surface area contributed by atoms with Crippen LogP contribution in [0.2, 0.25) is 0 Å². The average Bonchev–Trinajstić information content (AvgIpc) is 3.18. The summed E-state index contributed by atoms with van der Waals surface area (Å²) in [4.78, 5) is 24.5. The number of rotatable bonds is 5. The highest BCUT2D eigenvalue weighted by Gasteiger charge is 2.26. The van der Waals surface area contributed by atoms with Gasteiger partial charge >= 0.3 is 11.8 Å². The van der Waals surface area contributed by atoms with Crippen molar-refractivity contribution in [2.45, 2.75) is 31.4 Å². The van der Waals surface area contributed by atoms with Gasteiger partial charge in [-0.05, 0) is 26.0 Å². The molecule has 8 heteroatoms. The standard InChI is InChI=1S/C18H22N4O3S/c1-11-4-6-13(7-5-11)22-16(14-9-26-10-15(14)21-22)20-18(24)17(23)19-12(2)8-25-3/h4-7,12H,8-10H2,1-3H3,(H,19,23)(H,20,24)/t12-/m1/s1. The lowest BCUT2D eigenvalue weighted by Gasteiger charge is -2.14. The fourth-order valence-electron chi connectivity index (χ4n) is 2.76. The molecule has 0 aliphatic carbocycles. The van der Waals surface area contributed by atoms with Gasteiger partial charge in [0.15, 0.2) is 0 Å². The second kappa shape index (κ2) is 7.92. The molecule has 2 N–H and O–H groups in total. The first kappa shape index (κ1) is 18.5. The number of amides is 2. The van der Waals surface area contributed by atoms with E-state index in [1.54, 1.807) is 30.5 Å². The van der Waals surface area contributed by atoms with Gasteiger partial charge in [0.1, 0.15) is 5.82 Å². The van der Waals surface area contributed by atoms with Crippen LogP contribution in [0.3, 0.4) is 0 Å². The fraction of sp³-hybridized carbons (Fsp3) is 0.389. The van der Waals surface area contributed by atoms with Crippen molar-refractivity contribution in [2.24, 2.45) is 0 Å². The molecule has 2 amide bonds. The van der Waals surface area contributed by atoms with E-state index in [2.05, 4.69) is 15.7 Å². The number of methoxy groups -OCH3 is 1. The van der Waals surface area contributed by atoms with E-state index in [1.165, 1.54) is 0 Å². The Hall–Kier alpha value is -2.32. The second-order valence-corrected chi connectivity index (χ2v) is 7.28. The zero-order chi connectivity index (χ0) is 18.7. The summed E-state index contributed by atoms with van der Waals surface area (Å²) in [6, 6.07) is 7.62. The molecule has 1 aromatic heterocycles. The number of carbonyl (C=O) groups excluding carboxylic acids is 2. The number of carbonyl (C=O) groups is 2. The molecule has 3 rings (SSSR count). The first-order chi connectivity index (χ1) is 12.5. The van der Waals surface area contributed by atoms with Crippen LogP contribution < -0.4 is 10.6 Å². The summed E-state index contributed by atoms with van der Waals surface area (Å²) in [5.41, 5.74) is 3.90. The van der Waals surface area contributed by atoms with Gasteiger partial charge in [-0.1, -0.05) is 17.7 Å². The lowest BCUT2D eigenvalue weighted by Crippen LogP contribution is -2.42. The molecule has 0 fully saturated rings. The number of aryl methyl sites for hydroxylation is 1.